The molecule has 1 amide bonds. The third-order valence-electron chi connectivity index (χ3n) is 2.18. The zero-order chi connectivity index (χ0) is 11.4. The van der Waals surface area contributed by atoms with Gasteiger partial charge in [-0.25, -0.2) is 17.9 Å². The van der Waals surface area contributed by atoms with Crippen LogP contribution in [0, 0.1) is 0 Å². The summed E-state index contributed by atoms with van der Waals surface area (Å²) in [7, 11) is -0.757. The van der Waals surface area contributed by atoms with Crippen molar-refractivity contribution in [2.24, 2.45) is 0 Å². The highest BCUT2D eigenvalue weighted by molar-refractivity contribution is 7.81. The predicted octanol–water partition coefficient (Wildman–Crippen LogP) is -0.598. The molecule has 1 aliphatic heterocycles. The van der Waals surface area contributed by atoms with Gasteiger partial charge in [-0.1, -0.05) is 0 Å². The minimum atomic E-state index is -2.63. The first kappa shape index (κ1) is 13.0. The molecule has 0 aromatic heterocycles. The first-order valence-electron chi connectivity index (χ1n) is 4.28. The Labute approximate surface area is 97.5 Å². The van der Waals surface area contributed by atoms with E-state index in [9.17, 15) is 13.2 Å². The van der Waals surface area contributed by atoms with Gasteiger partial charge in [0.05, 0.1) is 9.47 Å². The van der Waals surface area contributed by atoms with Crippen molar-refractivity contribution in [2.45, 2.75) is 17.7 Å². The van der Waals surface area contributed by atoms with Crippen LogP contribution in [0.25, 0.3) is 0 Å². The molecular formula is C6H13N2O4PS2. The fourth-order valence-corrected chi connectivity index (χ4v) is 2.47. The van der Waals surface area contributed by atoms with Gasteiger partial charge in [0.2, 0.25) is 10.9 Å². The monoisotopic (exact) mass is 272 g/mol. The maximum atomic E-state index is 11.3. The van der Waals surface area contributed by atoms with Crippen molar-refractivity contribution in [3.8, 4) is 0 Å². The Morgan fingerprint density at radius 3 is 2.87 bits per heavy atom. The molecule has 3 atom stereocenters. The highest BCUT2D eigenvalue weighted by Crippen LogP contribution is 2.22. The van der Waals surface area contributed by atoms with Crippen molar-refractivity contribution in [3.05, 3.63) is 0 Å². The summed E-state index contributed by atoms with van der Waals surface area (Å²) in [6.45, 7) is 0.674. The molecule has 0 aromatic rings. The predicted molar refractivity (Wildman–Crippen MR) is 62.4 cm³/mol. The molecule has 1 aliphatic rings. The Morgan fingerprint density at radius 1 is 1.67 bits per heavy atom. The van der Waals surface area contributed by atoms with Gasteiger partial charge in [-0.2, -0.15) is 12.6 Å². The van der Waals surface area contributed by atoms with Crippen LogP contribution in [0.1, 0.15) is 6.42 Å². The number of amides is 1. The van der Waals surface area contributed by atoms with Crippen LogP contribution in [-0.2, 0) is 15.4 Å². The van der Waals surface area contributed by atoms with E-state index in [-0.39, 0.29) is 17.8 Å². The minimum Gasteiger partial charge on any atom is -0.435 e. The molecule has 9 heteroatoms. The van der Waals surface area contributed by atoms with Crippen LogP contribution in [0.4, 0.5) is 4.79 Å². The Morgan fingerprint density at radius 2 is 2.33 bits per heavy atom. The van der Waals surface area contributed by atoms with Gasteiger partial charge >= 0.3 is 6.09 Å². The van der Waals surface area contributed by atoms with Crippen molar-refractivity contribution < 1.29 is 17.7 Å². The number of thiol groups is 2. The third kappa shape index (κ3) is 3.79. The third-order valence-corrected chi connectivity index (χ3v) is 3.20. The second-order valence-corrected chi connectivity index (χ2v) is 5.00. The fourth-order valence-electron chi connectivity index (χ4n) is 1.56. The second-order valence-electron chi connectivity index (χ2n) is 3.20. The summed E-state index contributed by atoms with van der Waals surface area (Å²) >= 11 is 4.25. The molecule has 0 radical (unpaired) electrons. The van der Waals surface area contributed by atoms with Gasteiger partial charge in [0.25, 0.3) is 0 Å². The topological polar surface area (TPSA) is 75.7 Å². The molecule has 0 aromatic carbocycles. The molecule has 1 unspecified atom stereocenters. The quantitative estimate of drug-likeness (QED) is 0.474. The maximum absolute atomic E-state index is 11.3. The number of carbonyl (C=O) groups is 1. The maximum Gasteiger partial charge on any atom is 0.412 e. The van der Waals surface area contributed by atoms with E-state index in [1.807, 2.05) is 9.47 Å². The SMILES string of the molecule is O=C(OP)N1C[C@@H](S)C[C@H]1CN[SH](=O)=O. The van der Waals surface area contributed by atoms with Crippen molar-refractivity contribution in [1.82, 2.24) is 9.62 Å². The highest BCUT2D eigenvalue weighted by Gasteiger charge is 2.34. The Hall–Kier alpha value is -0.0400. The number of rotatable bonds is 3. The van der Waals surface area contributed by atoms with Crippen molar-refractivity contribution in [2.75, 3.05) is 13.1 Å². The van der Waals surface area contributed by atoms with E-state index in [1.54, 1.807) is 0 Å². The number of nitrogens with one attached hydrogen (secondary N) is 1. The van der Waals surface area contributed by atoms with E-state index in [0.717, 1.165) is 0 Å². The summed E-state index contributed by atoms with van der Waals surface area (Å²) < 4.78 is 27.5. The van der Waals surface area contributed by atoms with E-state index >= 15 is 0 Å². The molecule has 0 saturated carbocycles. The molecule has 1 saturated heterocycles. The van der Waals surface area contributed by atoms with Gasteiger partial charge in [-0.3, -0.25) is 0 Å². The first-order valence-corrected chi connectivity index (χ1v) is 6.44. The molecule has 1 rings (SSSR count). The molecule has 0 bridgehead atoms. The van der Waals surface area contributed by atoms with Crippen molar-refractivity contribution >= 4 is 39.1 Å². The summed E-state index contributed by atoms with van der Waals surface area (Å²) in [6, 6.07) is -0.187. The highest BCUT2D eigenvalue weighted by atomic mass is 32.2. The summed E-state index contributed by atoms with van der Waals surface area (Å²) in [5.41, 5.74) is 0. The Bertz CT molecular complexity index is 304. The van der Waals surface area contributed by atoms with Crippen LogP contribution in [0.15, 0.2) is 0 Å². The van der Waals surface area contributed by atoms with E-state index in [1.165, 1.54) is 4.90 Å². The van der Waals surface area contributed by atoms with Gasteiger partial charge in [0.1, 0.15) is 0 Å². The summed E-state index contributed by atoms with van der Waals surface area (Å²) in [5.74, 6) is 0. The summed E-state index contributed by atoms with van der Waals surface area (Å²) in [6.07, 6.45) is 0.170. The van der Waals surface area contributed by atoms with E-state index < -0.39 is 17.0 Å². The molecule has 15 heavy (non-hydrogen) atoms. The van der Waals surface area contributed by atoms with Gasteiger partial charge in [-0.15, -0.1) is 0 Å². The largest absolute Gasteiger partial charge is 0.435 e. The number of hydrogen-bond donors (Lipinski definition) is 3. The molecule has 0 aliphatic carbocycles. The van der Waals surface area contributed by atoms with Crippen LogP contribution in [0.3, 0.4) is 0 Å². The van der Waals surface area contributed by atoms with E-state index in [0.29, 0.717) is 13.0 Å². The Kier molecular flexibility index (Phi) is 5.11. The molecule has 1 heterocycles. The molecule has 6 nitrogen and oxygen atoms in total. The zero-order valence-electron chi connectivity index (χ0n) is 7.83. The normalized spacial score (nSPS) is 25.9. The fraction of sp³-hybridized carbons (Fsp3) is 0.833. The van der Waals surface area contributed by atoms with Gasteiger partial charge < -0.3 is 9.42 Å². The molecule has 1 N–H and O–H groups in total. The summed E-state index contributed by atoms with van der Waals surface area (Å²) in [4.78, 5) is 12.8. The molecule has 88 valence electrons. The number of nitrogens with zero attached hydrogens (tertiary/aromatic N) is 1. The van der Waals surface area contributed by atoms with Gasteiger partial charge in [0.15, 0.2) is 0 Å². The smallest absolute Gasteiger partial charge is 0.412 e. The van der Waals surface area contributed by atoms with Crippen LogP contribution < -0.4 is 4.72 Å². The average Bonchev–Trinajstić information content (AvgIpc) is 2.55. The van der Waals surface area contributed by atoms with E-state index in [2.05, 4.69) is 21.9 Å². The molecule has 0 spiro atoms. The van der Waals surface area contributed by atoms with Crippen molar-refractivity contribution in [3.63, 3.8) is 0 Å². The average molecular weight is 272 g/mol. The lowest BCUT2D eigenvalue weighted by Crippen LogP contribution is -2.40. The Balaban J connectivity index is 2.56. The van der Waals surface area contributed by atoms with Gasteiger partial charge in [-0.05, 0) is 6.42 Å². The van der Waals surface area contributed by atoms with Crippen LogP contribution >= 0.6 is 22.1 Å². The molecule has 1 fully saturated rings. The number of carbonyl (C=O) groups excluding carboxylic acids is 1. The molecular weight excluding hydrogens is 259 g/mol. The van der Waals surface area contributed by atoms with Crippen LogP contribution in [0.5, 0.6) is 0 Å². The lowest BCUT2D eigenvalue weighted by atomic mass is 10.2. The summed E-state index contributed by atoms with van der Waals surface area (Å²) in [5, 5.41) is 0.0606. The van der Waals surface area contributed by atoms with Crippen LogP contribution in [0.2, 0.25) is 0 Å². The minimum absolute atomic E-state index is 0.0606. The number of likely N-dealkylation sites (tertiary alicyclic amines) is 1. The van der Waals surface area contributed by atoms with Gasteiger partial charge in [0, 0.05) is 24.4 Å². The van der Waals surface area contributed by atoms with Crippen molar-refractivity contribution in [1.29, 1.82) is 0 Å². The second kappa shape index (κ2) is 5.89. The van der Waals surface area contributed by atoms with E-state index in [4.69, 9.17) is 0 Å². The van der Waals surface area contributed by atoms with Crippen LogP contribution in [-0.4, -0.2) is 43.8 Å². The zero-order valence-corrected chi connectivity index (χ0v) is 10.8. The standard InChI is InChI=1S/C6H13N2O4PS2/c9-6(12-13)8-3-5(14)1-4(8)2-7-15(10)11/h4-5,14-15H,1-3,13H2,(H,7,10,11)/t4-,5-/m0/s1. The first-order chi connectivity index (χ1) is 7.04. The lowest BCUT2D eigenvalue weighted by molar-refractivity contribution is 0.155. The lowest BCUT2D eigenvalue weighted by Gasteiger charge is -2.21. The number of hydrogen-bond acceptors (Lipinski definition) is 5.